The van der Waals surface area contributed by atoms with Crippen molar-refractivity contribution in [2.24, 2.45) is 28.5 Å². The van der Waals surface area contributed by atoms with Crippen LogP contribution in [0.25, 0.3) is 0 Å². The molecule has 202 valence electrons. The van der Waals surface area contributed by atoms with Crippen LogP contribution in [-0.4, -0.2) is 72.4 Å². The zero-order valence-corrected chi connectivity index (χ0v) is 23.2. The Morgan fingerprint density at radius 1 is 1.03 bits per heavy atom. The number of nitrogens with zero attached hydrogens (tertiary/aromatic N) is 4. The lowest BCUT2D eigenvalue weighted by molar-refractivity contribution is 0.225. The third-order valence-corrected chi connectivity index (χ3v) is 8.38. The van der Waals surface area contributed by atoms with Crippen molar-refractivity contribution < 1.29 is 0 Å². The molecule has 2 aliphatic heterocycles. The first-order valence-electron chi connectivity index (χ1n) is 14.6. The molecule has 3 N–H and O–H groups in total. The van der Waals surface area contributed by atoms with E-state index in [2.05, 4.69) is 69.6 Å². The third kappa shape index (κ3) is 8.42. The summed E-state index contributed by atoms with van der Waals surface area (Å²) in [6.07, 6.45) is 10.7. The predicted molar refractivity (Wildman–Crippen MR) is 155 cm³/mol. The predicted octanol–water partition coefficient (Wildman–Crippen LogP) is 4.73. The van der Waals surface area contributed by atoms with Crippen LogP contribution in [0.5, 0.6) is 0 Å². The fourth-order valence-corrected chi connectivity index (χ4v) is 5.93. The Kier molecular flexibility index (Phi) is 10.2. The molecule has 37 heavy (non-hydrogen) atoms. The fourth-order valence-electron chi connectivity index (χ4n) is 5.93. The first kappa shape index (κ1) is 27.4. The Labute approximate surface area is 225 Å². The van der Waals surface area contributed by atoms with Gasteiger partial charge in [-0.2, -0.15) is 0 Å². The Morgan fingerprint density at radius 3 is 2.59 bits per heavy atom. The Bertz CT molecular complexity index is 967. The van der Waals surface area contributed by atoms with Gasteiger partial charge in [-0.05, 0) is 56.4 Å². The molecule has 6 heteroatoms. The van der Waals surface area contributed by atoms with E-state index in [1.807, 2.05) is 0 Å². The van der Waals surface area contributed by atoms with Crippen molar-refractivity contribution in [2.45, 2.75) is 71.6 Å². The summed E-state index contributed by atoms with van der Waals surface area (Å²) in [5.74, 6) is 10.3. The van der Waals surface area contributed by atoms with Crippen molar-refractivity contribution >= 4 is 11.9 Å². The van der Waals surface area contributed by atoms with Crippen molar-refractivity contribution in [3.8, 4) is 11.8 Å². The summed E-state index contributed by atoms with van der Waals surface area (Å²) in [5, 5.41) is 8.56. The highest BCUT2D eigenvalue weighted by Gasteiger charge is 2.26. The van der Waals surface area contributed by atoms with Crippen LogP contribution >= 0.6 is 0 Å². The van der Waals surface area contributed by atoms with Gasteiger partial charge in [-0.1, -0.05) is 61.9 Å². The van der Waals surface area contributed by atoms with Crippen LogP contribution in [0, 0.1) is 41.9 Å². The second-order valence-corrected chi connectivity index (χ2v) is 11.6. The lowest BCUT2D eigenvalue weighted by atomic mass is 9.82. The van der Waals surface area contributed by atoms with Gasteiger partial charge in [-0.3, -0.25) is 10.4 Å². The van der Waals surface area contributed by atoms with Crippen molar-refractivity contribution in [2.75, 3.05) is 45.8 Å². The monoisotopic (exact) mass is 504 g/mol. The highest BCUT2D eigenvalue weighted by Crippen LogP contribution is 2.29. The number of hydrogen-bond donors (Lipinski definition) is 2. The summed E-state index contributed by atoms with van der Waals surface area (Å²) in [6, 6.07) is 8.72. The lowest BCUT2D eigenvalue weighted by Crippen LogP contribution is -2.47. The quantitative estimate of drug-likeness (QED) is 0.357. The molecule has 2 heterocycles. The van der Waals surface area contributed by atoms with Gasteiger partial charge in [0.25, 0.3) is 0 Å². The van der Waals surface area contributed by atoms with Gasteiger partial charge in [-0.15, -0.1) is 5.92 Å². The van der Waals surface area contributed by atoms with Gasteiger partial charge >= 0.3 is 0 Å². The number of rotatable bonds is 10. The van der Waals surface area contributed by atoms with Crippen LogP contribution in [-0.2, 0) is 6.42 Å². The number of aryl methyl sites for hydroxylation is 1. The standard InChI is InChI=1S/C31H48N6/c1-25-12-14-28(15-13-25)23-37-24-29(22-34-30(37)32)10-6-4-3-5-7-17-35-19-20-36(31(35)33)18-16-27-11-8-9-26(2)21-27/h8-9,11,21,25,28-29,33H,3-5,7,12-20,22-24H2,1-2H3,(H2,32,34). The minimum Gasteiger partial charge on any atom is -0.370 e. The number of benzene rings is 1. The second-order valence-electron chi connectivity index (χ2n) is 11.6. The van der Waals surface area contributed by atoms with Gasteiger partial charge in [0.15, 0.2) is 11.9 Å². The van der Waals surface area contributed by atoms with E-state index >= 15 is 0 Å². The van der Waals surface area contributed by atoms with Gasteiger partial charge in [0.2, 0.25) is 0 Å². The molecule has 1 saturated heterocycles. The van der Waals surface area contributed by atoms with Gasteiger partial charge in [0, 0.05) is 45.7 Å². The third-order valence-electron chi connectivity index (χ3n) is 8.38. The molecular weight excluding hydrogens is 456 g/mol. The molecule has 2 fully saturated rings. The fraction of sp³-hybridized carbons (Fsp3) is 0.677. The summed E-state index contributed by atoms with van der Waals surface area (Å²) >= 11 is 0. The summed E-state index contributed by atoms with van der Waals surface area (Å²) in [4.78, 5) is 11.3. The maximum Gasteiger partial charge on any atom is 0.193 e. The van der Waals surface area contributed by atoms with E-state index in [0.717, 1.165) is 89.3 Å². The van der Waals surface area contributed by atoms with E-state index in [1.54, 1.807) is 0 Å². The minimum atomic E-state index is 0.311. The Balaban J connectivity index is 1.08. The average molecular weight is 505 g/mol. The van der Waals surface area contributed by atoms with Crippen LogP contribution < -0.4 is 5.73 Å². The molecule has 0 radical (unpaired) electrons. The topological polar surface area (TPSA) is 72.0 Å². The molecule has 1 aromatic rings. The van der Waals surface area contributed by atoms with Crippen molar-refractivity contribution in [3.63, 3.8) is 0 Å². The average Bonchev–Trinajstić information content (AvgIpc) is 3.24. The van der Waals surface area contributed by atoms with E-state index in [-0.39, 0.29) is 0 Å². The molecule has 0 bridgehead atoms. The number of hydrogen-bond acceptors (Lipinski definition) is 4. The number of guanidine groups is 2. The number of nitrogens with two attached hydrogens (primary N) is 1. The van der Waals surface area contributed by atoms with Crippen molar-refractivity contribution in [1.82, 2.24) is 14.7 Å². The largest absolute Gasteiger partial charge is 0.370 e. The van der Waals surface area contributed by atoms with Crippen LogP contribution in [0.1, 0.15) is 69.4 Å². The van der Waals surface area contributed by atoms with Crippen LogP contribution in [0.3, 0.4) is 0 Å². The van der Waals surface area contributed by atoms with E-state index < -0.39 is 0 Å². The van der Waals surface area contributed by atoms with Gasteiger partial charge < -0.3 is 20.4 Å². The number of unbranched alkanes of at least 4 members (excludes halogenated alkanes) is 3. The molecule has 6 nitrogen and oxygen atoms in total. The molecule has 0 aromatic heterocycles. The SMILES string of the molecule is Cc1cccc(CCN2CCN(CCCCCC#CC3CN=C(N)N(CC4CCC(C)CC4)C3)C2=N)c1. The smallest absolute Gasteiger partial charge is 0.193 e. The van der Waals surface area contributed by atoms with Crippen LogP contribution in [0.4, 0.5) is 0 Å². The maximum absolute atomic E-state index is 8.56. The molecule has 1 aromatic carbocycles. The summed E-state index contributed by atoms with van der Waals surface area (Å²) in [7, 11) is 0. The van der Waals surface area contributed by atoms with Crippen LogP contribution in [0.15, 0.2) is 29.3 Å². The highest BCUT2D eigenvalue weighted by molar-refractivity contribution is 5.79. The molecule has 3 aliphatic rings. The minimum absolute atomic E-state index is 0.311. The molecular formula is C31H48N6. The molecule has 0 amide bonds. The normalized spacial score (nSPS) is 24.2. The van der Waals surface area contributed by atoms with Gasteiger partial charge in [0.05, 0.1) is 12.5 Å². The second kappa shape index (κ2) is 13.7. The van der Waals surface area contributed by atoms with Gasteiger partial charge in [0.1, 0.15) is 0 Å². The lowest BCUT2D eigenvalue weighted by Gasteiger charge is -2.35. The summed E-state index contributed by atoms with van der Waals surface area (Å²) in [5.41, 5.74) is 8.89. The molecule has 1 saturated carbocycles. The van der Waals surface area contributed by atoms with E-state index in [4.69, 9.17) is 11.1 Å². The first-order chi connectivity index (χ1) is 18.0. The molecule has 1 unspecified atom stereocenters. The summed E-state index contributed by atoms with van der Waals surface area (Å²) in [6.45, 7) is 11.1. The summed E-state index contributed by atoms with van der Waals surface area (Å²) < 4.78 is 0. The highest BCUT2D eigenvalue weighted by atomic mass is 15.4. The molecule has 4 rings (SSSR count). The van der Waals surface area contributed by atoms with Crippen molar-refractivity contribution in [1.29, 1.82) is 5.41 Å². The van der Waals surface area contributed by atoms with Crippen LogP contribution in [0.2, 0.25) is 0 Å². The zero-order chi connectivity index (χ0) is 26.0. The zero-order valence-electron chi connectivity index (χ0n) is 23.2. The maximum atomic E-state index is 8.56. The van der Waals surface area contributed by atoms with E-state index in [0.29, 0.717) is 11.9 Å². The number of nitrogens with one attached hydrogen (secondary N) is 1. The van der Waals surface area contributed by atoms with E-state index in [1.165, 1.54) is 43.2 Å². The van der Waals surface area contributed by atoms with Gasteiger partial charge in [-0.25, -0.2) is 0 Å². The Morgan fingerprint density at radius 2 is 1.81 bits per heavy atom. The first-order valence-corrected chi connectivity index (χ1v) is 14.6. The number of aliphatic imine (C=N–C) groups is 1. The van der Waals surface area contributed by atoms with E-state index in [9.17, 15) is 0 Å². The molecule has 1 aliphatic carbocycles. The molecule has 1 atom stereocenters. The Hall–Kier alpha value is -2.68. The molecule has 0 spiro atoms. The van der Waals surface area contributed by atoms with Crippen molar-refractivity contribution in [3.05, 3.63) is 35.4 Å².